The number of rotatable bonds is 5. The summed E-state index contributed by atoms with van der Waals surface area (Å²) in [5.74, 6) is 0.266. The maximum Gasteiger partial charge on any atom is 0.250 e. The van der Waals surface area contributed by atoms with Crippen molar-refractivity contribution < 1.29 is 9.53 Å². The molecule has 2 heterocycles. The molecule has 2 atom stereocenters. The second-order valence-electron chi connectivity index (χ2n) is 4.76. The van der Waals surface area contributed by atoms with Crippen LogP contribution in [0.1, 0.15) is 17.3 Å². The van der Waals surface area contributed by atoms with Crippen molar-refractivity contribution in [2.75, 3.05) is 32.1 Å². The molecule has 1 aliphatic heterocycles. The topological polar surface area (TPSA) is 80.5 Å². The highest BCUT2D eigenvalue weighted by atomic mass is 16.5. The van der Waals surface area contributed by atoms with Gasteiger partial charge in [-0.3, -0.25) is 4.79 Å². The summed E-state index contributed by atoms with van der Waals surface area (Å²) in [7, 11) is 2.07. The second-order valence-corrected chi connectivity index (χ2v) is 4.76. The summed E-state index contributed by atoms with van der Waals surface area (Å²) < 4.78 is 5.71. The van der Waals surface area contributed by atoms with E-state index in [-0.39, 0.29) is 12.1 Å². The average Bonchev–Trinajstić information content (AvgIpc) is 2.71. The number of nitrogens with two attached hydrogens (primary N) is 1. The number of carbonyl (C=O) groups excluding carboxylic acids is 1. The number of amides is 1. The van der Waals surface area contributed by atoms with Crippen LogP contribution < -0.4 is 11.1 Å². The fourth-order valence-electron chi connectivity index (χ4n) is 2.30. The number of primary amides is 1. The van der Waals surface area contributed by atoms with Gasteiger partial charge in [0.15, 0.2) is 0 Å². The molecule has 6 heteroatoms. The van der Waals surface area contributed by atoms with Gasteiger partial charge in [0.05, 0.1) is 17.7 Å². The molecule has 2 rings (SSSR count). The Balaban J connectivity index is 2.01. The molecule has 0 unspecified atom stereocenters. The van der Waals surface area contributed by atoms with Crippen molar-refractivity contribution in [3.63, 3.8) is 0 Å². The molecule has 1 aromatic rings. The van der Waals surface area contributed by atoms with Crippen molar-refractivity contribution in [1.82, 2.24) is 9.88 Å². The second kappa shape index (κ2) is 5.99. The lowest BCUT2D eigenvalue weighted by molar-refractivity contribution is 0.0652. The Morgan fingerprint density at radius 3 is 2.95 bits per heavy atom. The van der Waals surface area contributed by atoms with Gasteiger partial charge in [0.1, 0.15) is 5.82 Å². The van der Waals surface area contributed by atoms with Crippen LogP contribution >= 0.6 is 0 Å². The van der Waals surface area contributed by atoms with E-state index in [0.29, 0.717) is 12.2 Å². The number of pyridine rings is 1. The van der Waals surface area contributed by atoms with Crippen molar-refractivity contribution in [2.24, 2.45) is 5.73 Å². The number of ether oxygens (including phenoxy) is 1. The van der Waals surface area contributed by atoms with Gasteiger partial charge in [-0.05, 0) is 26.1 Å². The monoisotopic (exact) mass is 264 g/mol. The maximum atomic E-state index is 11.0. The van der Waals surface area contributed by atoms with Gasteiger partial charge in [-0.15, -0.1) is 0 Å². The van der Waals surface area contributed by atoms with Gasteiger partial charge in [0.2, 0.25) is 5.91 Å². The number of nitrogens with one attached hydrogen (secondary N) is 1. The molecule has 1 amide bonds. The van der Waals surface area contributed by atoms with E-state index < -0.39 is 5.91 Å². The third-order valence-electron chi connectivity index (χ3n) is 3.21. The Bertz CT molecular complexity index is 435. The van der Waals surface area contributed by atoms with Crippen LogP contribution in [0.3, 0.4) is 0 Å². The van der Waals surface area contributed by atoms with Gasteiger partial charge in [-0.2, -0.15) is 0 Å². The molecule has 3 N–H and O–H groups in total. The van der Waals surface area contributed by atoms with Gasteiger partial charge in [0.25, 0.3) is 0 Å². The van der Waals surface area contributed by atoms with Gasteiger partial charge in [-0.25, -0.2) is 4.98 Å². The lowest BCUT2D eigenvalue weighted by Gasteiger charge is -2.20. The highest BCUT2D eigenvalue weighted by molar-refractivity contribution is 5.92. The summed E-state index contributed by atoms with van der Waals surface area (Å²) in [5.41, 5.74) is 5.59. The van der Waals surface area contributed by atoms with E-state index in [9.17, 15) is 4.79 Å². The zero-order valence-corrected chi connectivity index (χ0v) is 11.3. The lowest BCUT2D eigenvalue weighted by atomic mass is 10.2. The molecule has 0 radical (unpaired) electrons. The molecule has 1 aliphatic rings. The number of hydrogen-bond donors (Lipinski definition) is 2. The summed E-state index contributed by atoms with van der Waals surface area (Å²) in [6.07, 6.45) is 1.64. The van der Waals surface area contributed by atoms with E-state index in [1.54, 1.807) is 12.1 Å². The summed E-state index contributed by atoms with van der Waals surface area (Å²) in [6, 6.07) is 3.64. The van der Waals surface area contributed by atoms with Crippen LogP contribution in [0.4, 0.5) is 5.82 Å². The number of nitrogens with zero attached hydrogens (tertiary/aromatic N) is 2. The Morgan fingerprint density at radius 1 is 1.58 bits per heavy atom. The standard InChI is InChI=1S/C13H20N4O2/c1-3-19-11-8-17(2)7-10(11)16-12-5-4-9(6-15-12)13(14)18/h4-6,10-11H,3,7-8H2,1-2H3,(H2,14,18)(H,15,16)/t10-,11-/m0/s1. The van der Waals surface area contributed by atoms with E-state index in [4.69, 9.17) is 10.5 Å². The van der Waals surface area contributed by atoms with Crippen LogP contribution in [-0.2, 0) is 4.74 Å². The number of likely N-dealkylation sites (N-methyl/N-ethyl adjacent to an activating group) is 1. The van der Waals surface area contributed by atoms with Crippen LogP contribution in [0.15, 0.2) is 18.3 Å². The fraction of sp³-hybridized carbons (Fsp3) is 0.538. The number of likely N-dealkylation sites (tertiary alicyclic amines) is 1. The highest BCUT2D eigenvalue weighted by Crippen LogP contribution is 2.16. The van der Waals surface area contributed by atoms with E-state index in [1.807, 2.05) is 6.92 Å². The lowest BCUT2D eigenvalue weighted by Crippen LogP contribution is -2.34. The Kier molecular flexibility index (Phi) is 4.34. The Morgan fingerprint density at radius 2 is 2.37 bits per heavy atom. The maximum absolute atomic E-state index is 11.0. The molecular formula is C13H20N4O2. The smallest absolute Gasteiger partial charge is 0.250 e. The van der Waals surface area contributed by atoms with Gasteiger partial charge in [-0.1, -0.05) is 0 Å². The minimum Gasteiger partial charge on any atom is -0.375 e. The number of anilines is 1. The quantitative estimate of drug-likeness (QED) is 0.800. The first-order valence-electron chi connectivity index (χ1n) is 6.42. The zero-order chi connectivity index (χ0) is 13.8. The van der Waals surface area contributed by atoms with E-state index in [1.165, 1.54) is 6.20 Å². The molecule has 0 spiro atoms. The summed E-state index contributed by atoms with van der Waals surface area (Å²) in [6.45, 7) is 4.51. The largest absolute Gasteiger partial charge is 0.375 e. The average molecular weight is 264 g/mol. The molecule has 0 bridgehead atoms. The molecule has 1 fully saturated rings. The first-order chi connectivity index (χ1) is 9.10. The van der Waals surface area contributed by atoms with Crippen molar-refractivity contribution in [1.29, 1.82) is 0 Å². The SMILES string of the molecule is CCO[C@H]1CN(C)C[C@@H]1Nc1ccc(C(N)=O)cn1. The summed E-state index contributed by atoms with van der Waals surface area (Å²) >= 11 is 0. The molecule has 1 saturated heterocycles. The first-order valence-corrected chi connectivity index (χ1v) is 6.42. The molecule has 0 saturated carbocycles. The van der Waals surface area contributed by atoms with Crippen LogP contribution in [0, 0.1) is 0 Å². The highest BCUT2D eigenvalue weighted by Gasteiger charge is 2.31. The zero-order valence-electron chi connectivity index (χ0n) is 11.3. The van der Waals surface area contributed by atoms with Gasteiger partial charge in [0, 0.05) is 25.9 Å². The summed E-state index contributed by atoms with van der Waals surface area (Å²) in [4.78, 5) is 17.4. The normalized spacial score (nSPS) is 23.5. The Hall–Kier alpha value is -1.66. The minimum absolute atomic E-state index is 0.160. The molecular weight excluding hydrogens is 244 g/mol. The number of carbonyl (C=O) groups is 1. The first kappa shape index (κ1) is 13.8. The predicted octanol–water partition coefficient (Wildman–Crippen LogP) is 0.312. The van der Waals surface area contributed by atoms with Crippen LogP contribution in [0.5, 0.6) is 0 Å². The van der Waals surface area contributed by atoms with Gasteiger partial charge < -0.3 is 20.7 Å². The Labute approximate surface area is 112 Å². The number of hydrogen-bond acceptors (Lipinski definition) is 5. The van der Waals surface area contributed by atoms with Crippen molar-refractivity contribution in [2.45, 2.75) is 19.1 Å². The molecule has 0 aliphatic carbocycles. The van der Waals surface area contributed by atoms with Crippen molar-refractivity contribution in [3.8, 4) is 0 Å². The van der Waals surface area contributed by atoms with Gasteiger partial charge >= 0.3 is 0 Å². The predicted molar refractivity (Wildman–Crippen MR) is 73.1 cm³/mol. The minimum atomic E-state index is -0.466. The van der Waals surface area contributed by atoms with Crippen LogP contribution in [0.25, 0.3) is 0 Å². The van der Waals surface area contributed by atoms with Crippen molar-refractivity contribution >= 4 is 11.7 Å². The third-order valence-corrected chi connectivity index (χ3v) is 3.21. The van der Waals surface area contributed by atoms with Crippen LogP contribution in [-0.4, -0.2) is 54.7 Å². The van der Waals surface area contributed by atoms with E-state index in [0.717, 1.165) is 18.9 Å². The van der Waals surface area contributed by atoms with Crippen molar-refractivity contribution in [3.05, 3.63) is 23.9 Å². The third kappa shape index (κ3) is 3.42. The fourth-order valence-corrected chi connectivity index (χ4v) is 2.30. The molecule has 104 valence electrons. The molecule has 1 aromatic heterocycles. The summed E-state index contributed by atoms with van der Waals surface area (Å²) in [5, 5.41) is 3.34. The van der Waals surface area contributed by atoms with E-state index >= 15 is 0 Å². The molecule has 6 nitrogen and oxygen atoms in total. The van der Waals surface area contributed by atoms with E-state index in [2.05, 4.69) is 22.2 Å². The molecule has 19 heavy (non-hydrogen) atoms. The van der Waals surface area contributed by atoms with Crippen LogP contribution in [0.2, 0.25) is 0 Å². The molecule has 0 aromatic carbocycles. The number of aromatic nitrogens is 1.